The van der Waals surface area contributed by atoms with Crippen LogP contribution in [0, 0.1) is 12.8 Å². The van der Waals surface area contributed by atoms with Crippen molar-refractivity contribution in [2.75, 3.05) is 31.5 Å². The van der Waals surface area contributed by atoms with Gasteiger partial charge in [0.1, 0.15) is 11.6 Å². The highest BCUT2D eigenvalue weighted by Gasteiger charge is 2.27. The van der Waals surface area contributed by atoms with Gasteiger partial charge in [0.05, 0.1) is 5.92 Å². The van der Waals surface area contributed by atoms with E-state index in [4.69, 9.17) is 5.73 Å². The number of likely N-dealkylation sites (tertiary alicyclic amines) is 1. The minimum Gasteiger partial charge on any atom is -0.368 e. The molecule has 144 valence electrons. The molecule has 2 heterocycles. The zero-order chi connectivity index (χ0) is 18.9. The number of primary amides is 1. The Bertz CT molecular complexity index is 622. The molecule has 1 saturated heterocycles. The summed E-state index contributed by atoms with van der Waals surface area (Å²) in [6.07, 6.45) is 4.65. The molecule has 0 bridgehead atoms. The first-order valence-corrected chi connectivity index (χ1v) is 9.40. The van der Waals surface area contributed by atoms with Crippen LogP contribution in [0.25, 0.3) is 0 Å². The minimum absolute atomic E-state index is 0.0275. The zero-order valence-electron chi connectivity index (χ0n) is 15.8. The lowest BCUT2D eigenvalue weighted by Gasteiger charge is -2.30. The van der Waals surface area contributed by atoms with Gasteiger partial charge in [-0.25, -0.2) is 14.8 Å². The smallest absolute Gasteiger partial charge is 0.314 e. The van der Waals surface area contributed by atoms with E-state index < -0.39 is 6.03 Å². The minimum atomic E-state index is -0.456. The van der Waals surface area contributed by atoms with Crippen LogP contribution in [0.3, 0.4) is 0 Å². The van der Waals surface area contributed by atoms with E-state index in [0.717, 1.165) is 49.4 Å². The van der Waals surface area contributed by atoms with E-state index in [1.807, 2.05) is 13.0 Å². The molecule has 1 aliphatic rings. The van der Waals surface area contributed by atoms with Crippen LogP contribution in [0.4, 0.5) is 10.6 Å². The van der Waals surface area contributed by atoms with Gasteiger partial charge in [0.25, 0.3) is 0 Å². The van der Waals surface area contributed by atoms with E-state index in [-0.39, 0.29) is 11.8 Å². The Morgan fingerprint density at radius 2 is 2.15 bits per heavy atom. The first-order chi connectivity index (χ1) is 12.5. The lowest BCUT2D eigenvalue weighted by molar-refractivity contribution is -0.126. The highest BCUT2D eigenvalue weighted by Crippen LogP contribution is 2.16. The lowest BCUT2D eigenvalue weighted by atomic mass is 9.97. The lowest BCUT2D eigenvalue weighted by Crippen LogP contribution is -2.47. The summed E-state index contributed by atoms with van der Waals surface area (Å²) in [5, 5.41) is 6.16. The average molecular weight is 362 g/mol. The summed E-state index contributed by atoms with van der Waals surface area (Å²) >= 11 is 0. The normalized spacial score (nSPS) is 17.0. The molecule has 8 nitrogen and oxygen atoms in total. The fraction of sp³-hybridized carbons (Fsp3) is 0.667. The van der Waals surface area contributed by atoms with Crippen LogP contribution in [-0.2, 0) is 11.2 Å². The zero-order valence-corrected chi connectivity index (χ0v) is 15.8. The molecular weight excluding hydrogens is 332 g/mol. The van der Waals surface area contributed by atoms with Gasteiger partial charge in [-0.05, 0) is 26.2 Å². The molecule has 0 aliphatic carbocycles. The van der Waals surface area contributed by atoms with Crippen LogP contribution in [0.2, 0.25) is 0 Å². The topological polar surface area (TPSA) is 113 Å². The highest BCUT2D eigenvalue weighted by molar-refractivity contribution is 5.80. The molecule has 1 aromatic heterocycles. The van der Waals surface area contributed by atoms with Crippen molar-refractivity contribution in [1.29, 1.82) is 0 Å². The van der Waals surface area contributed by atoms with Gasteiger partial charge >= 0.3 is 6.03 Å². The van der Waals surface area contributed by atoms with Crippen LogP contribution < -0.4 is 16.4 Å². The van der Waals surface area contributed by atoms with Crippen molar-refractivity contribution < 1.29 is 9.59 Å². The fourth-order valence-electron chi connectivity index (χ4n) is 3.08. The number of carbonyl (C=O) groups excluding carboxylic acids is 2. The van der Waals surface area contributed by atoms with E-state index in [0.29, 0.717) is 26.2 Å². The number of hydrogen-bond acceptors (Lipinski definition) is 5. The van der Waals surface area contributed by atoms with Gasteiger partial charge in [0, 0.05) is 44.4 Å². The van der Waals surface area contributed by atoms with Crippen molar-refractivity contribution in [1.82, 2.24) is 20.2 Å². The van der Waals surface area contributed by atoms with Gasteiger partial charge in [-0.2, -0.15) is 0 Å². The van der Waals surface area contributed by atoms with Crippen molar-refractivity contribution in [2.24, 2.45) is 11.7 Å². The molecule has 8 heteroatoms. The summed E-state index contributed by atoms with van der Waals surface area (Å²) in [6, 6.07) is 1.45. The molecule has 1 atom stereocenters. The number of urea groups is 1. The molecule has 1 aliphatic heterocycles. The molecule has 0 aromatic carbocycles. The number of nitrogens with zero attached hydrogens (tertiary/aromatic N) is 3. The maximum atomic E-state index is 12.3. The number of nitrogens with two attached hydrogens (primary N) is 1. The molecule has 1 aromatic rings. The molecule has 0 radical (unpaired) electrons. The Kier molecular flexibility index (Phi) is 7.62. The standard InChI is InChI=1S/C18H30N6O2/c1-3-4-7-15-22-13(2)11-16(23-15)20-8-9-21-17(25)14-6-5-10-24(12-14)18(19)26/h11,14H,3-10,12H2,1-2H3,(H2,19,26)(H,21,25)(H,20,22,23)/t14-/m0/s1. The molecule has 0 unspecified atom stereocenters. The van der Waals surface area contributed by atoms with Gasteiger partial charge in [-0.3, -0.25) is 4.79 Å². The Labute approximate surface area is 154 Å². The van der Waals surface area contributed by atoms with Gasteiger partial charge in [-0.1, -0.05) is 13.3 Å². The van der Waals surface area contributed by atoms with E-state index >= 15 is 0 Å². The molecule has 0 saturated carbocycles. The van der Waals surface area contributed by atoms with Gasteiger partial charge in [-0.15, -0.1) is 0 Å². The third-order valence-electron chi connectivity index (χ3n) is 4.49. The molecule has 1 fully saturated rings. The average Bonchev–Trinajstić information content (AvgIpc) is 2.63. The summed E-state index contributed by atoms with van der Waals surface area (Å²) in [4.78, 5) is 34.0. The summed E-state index contributed by atoms with van der Waals surface area (Å²) in [6.45, 7) is 6.22. The molecular formula is C18H30N6O2. The third kappa shape index (κ3) is 6.16. The van der Waals surface area contributed by atoms with Gasteiger partial charge < -0.3 is 21.3 Å². The van der Waals surface area contributed by atoms with E-state index in [2.05, 4.69) is 27.5 Å². The Balaban J connectivity index is 1.75. The monoisotopic (exact) mass is 362 g/mol. The van der Waals surface area contributed by atoms with Crippen molar-refractivity contribution in [2.45, 2.75) is 46.0 Å². The van der Waals surface area contributed by atoms with E-state index in [1.54, 1.807) is 0 Å². The summed E-state index contributed by atoms with van der Waals surface area (Å²) in [7, 11) is 0. The van der Waals surface area contributed by atoms with Crippen LogP contribution >= 0.6 is 0 Å². The van der Waals surface area contributed by atoms with E-state index in [9.17, 15) is 9.59 Å². The van der Waals surface area contributed by atoms with Crippen molar-refractivity contribution in [3.63, 3.8) is 0 Å². The third-order valence-corrected chi connectivity index (χ3v) is 4.49. The Morgan fingerprint density at radius 3 is 2.88 bits per heavy atom. The number of carbonyl (C=O) groups is 2. The summed E-state index contributed by atoms with van der Waals surface area (Å²) in [5.74, 6) is 1.43. The number of unbranched alkanes of at least 4 members (excludes halogenated alkanes) is 1. The van der Waals surface area contributed by atoms with Crippen LogP contribution in [0.1, 0.15) is 44.1 Å². The quantitative estimate of drug-likeness (QED) is 0.606. The molecule has 3 amide bonds. The molecule has 26 heavy (non-hydrogen) atoms. The number of amides is 3. The van der Waals surface area contributed by atoms with Crippen molar-refractivity contribution in [3.8, 4) is 0 Å². The van der Waals surface area contributed by atoms with Crippen molar-refractivity contribution in [3.05, 3.63) is 17.6 Å². The Morgan fingerprint density at radius 1 is 1.35 bits per heavy atom. The van der Waals surface area contributed by atoms with Crippen LogP contribution in [-0.4, -0.2) is 53.0 Å². The fourth-order valence-corrected chi connectivity index (χ4v) is 3.08. The number of nitrogens with one attached hydrogen (secondary N) is 2. The first kappa shape index (κ1) is 19.9. The van der Waals surface area contributed by atoms with E-state index in [1.165, 1.54) is 4.90 Å². The van der Waals surface area contributed by atoms with Crippen LogP contribution in [0.5, 0.6) is 0 Å². The second kappa shape index (κ2) is 9.94. The summed E-state index contributed by atoms with van der Waals surface area (Å²) < 4.78 is 0. The number of rotatable bonds is 8. The maximum absolute atomic E-state index is 12.3. The molecule has 4 N–H and O–H groups in total. The maximum Gasteiger partial charge on any atom is 0.314 e. The van der Waals surface area contributed by atoms with Crippen LogP contribution in [0.15, 0.2) is 6.07 Å². The molecule has 0 spiro atoms. The van der Waals surface area contributed by atoms with Crippen molar-refractivity contribution >= 4 is 17.8 Å². The highest BCUT2D eigenvalue weighted by atomic mass is 16.2. The second-order valence-corrected chi connectivity index (χ2v) is 6.76. The Hall–Kier alpha value is -2.38. The number of aryl methyl sites for hydroxylation is 2. The number of hydrogen-bond donors (Lipinski definition) is 3. The van der Waals surface area contributed by atoms with Gasteiger partial charge in [0.2, 0.25) is 5.91 Å². The number of piperidine rings is 1. The predicted octanol–water partition coefficient (Wildman–Crippen LogP) is 1.45. The molecule has 2 rings (SSSR count). The SMILES string of the molecule is CCCCc1nc(C)cc(NCCNC(=O)[C@H]2CCCN(C(N)=O)C2)n1. The largest absolute Gasteiger partial charge is 0.368 e. The van der Waals surface area contributed by atoms with Gasteiger partial charge in [0.15, 0.2) is 0 Å². The second-order valence-electron chi connectivity index (χ2n) is 6.76. The first-order valence-electron chi connectivity index (χ1n) is 9.40. The summed E-state index contributed by atoms with van der Waals surface area (Å²) in [5.41, 5.74) is 6.24. The number of aromatic nitrogens is 2. The number of anilines is 1. The predicted molar refractivity (Wildman–Crippen MR) is 101 cm³/mol.